The number of hydrogen-bond acceptors (Lipinski definition) is 1. The summed E-state index contributed by atoms with van der Waals surface area (Å²) in [5.74, 6) is 0. The van der Waals surface area contributed by atoms with E-state index in [1.807, 2.05) is 13.8 Å². The van der Waals surface area contributed by atoms with Gasteiger partial charge < -0.3 is 4.57 Å². The monoisotopic (exact) mass is 288 g/mol. The van der Waals surface area contributed by atoms with Gasteiger partial charge in [0.05, 0.1) is 17.5 Å². The van der Waals surface area contributed by atoms with Crippen LogP contribution in [-0.4, -0.2) is 9.55 Å². The number of benzene rings is 1. The largest absolute Gasteiger partial charge is 0.416 e. The van der Waals surface area contributed by atoms with Crippen molar-refractivity contribution >= 4 is 11.6 Å². The SMILES string of the molecule is CC(C)n1c(-c2ccc(C(F)(F)F)cc2)cnc1Cl. The van der Waals surface area contributed by atoms with Crippen molar-refractivity contribution in [1.29, 1.82) is 0 Å². The zero-order valence-corrected chi connectivity index (χ0v) is 11.1. The summed E-state index contributed by atoms with van der Waals surface area (Å²) in [6.45, 7) is 3.86. The number of aromatic nitrogens is 2. The summed E-state index contributed by atoms with van der Waals surface area (Å²) in [6, 6.07) is 5.04. The van der Waals surface area contributed by atoms with Crippen LogP contribution in [0.5, 0.6) is 0 Å². The van der Waals surface area contributed by atoms with Crippen LogP contribution in [0.25, 0.3) is 11.3 Å². The number of nitrogens with zero attached hydrogens (tertiary/aromatic N) is 2. The second kappa shape index (κ2) is 4.89. The quantitative estimate of drug-likeness (QED) is 0.776. The minimum Gasteiger partial charge on any atom is -0.312 e. The first-order chi connectivity index (χ1) is 8.80. The molecule has 0 aliphatic carbocycles. The van der Waals surface area contributed by atoms with Crippen LogP contribution in [0.1, 0.15) is 25.5 Å². The Hall–Kier alpha value is -1.49. The molecule has 0 atom stereocenters. The minimum absolute atomic E-state index is 0.0762. The maximum atomic E-state index is 12.5. The highest BCUT2D eigenvalue weighted by Crippen LogP contribution is 2.32. The Morgan fingerprint density at radius 3 is 2.21 bits per heavy atom. The standard InChI is InChI=1S/C13H12ClF3N2/c1-8(2)19-11(7-18-12(19)14)9-3-5-10(6-4-9)13(15,16)17/h3-8H,1-2H3. The van der Waals surface area contributed by atoms with Gasteiger partial charge in [-0.1, -0.05) is 12.1 Å². The van der Waals surface area contributed by atoms with Crippen LogP contribution in [-0.2, 0) is 6.18 Å². The van der Waals surface area contributed by atoms with Gasteiger partial charge in [-0.2, -0.15) is 13.2 Å². The zero-order chi connectivity index (χ0) is 14.2. The van der Waals surface area contributed by atoms with Gasteiger partial charge in [0, 0.05) is 6.04 Å². The summed E-state index contributed by atoms with van der Waals surface area (Å²) >= 11 is 5.97. The third kappa shape index (κ3) is 2.76. The Balaban J connectivity index is 2.44. The van der Waals surface area contributed by atoms with E-state index >= 15 is 0 Å². The fourth-order valence-electron chi connectivity index (χ4n) is 1.87. The first-order valence-electron chi connectivity index (χ1n) is 5.71. The lowest BCUT2D eigenvalue weighted by atomic mass is 10.1. The van der Waals surface area contributed by atoms with Crippen molar-refractivity contribution in [1.82, 2.24) is 9.55 Å². The fraction of sp³-hybridized carbons (Fsp3) is 0.308. The third-order valence-electron chi connectivity index (χ3n) is 2.78. The maximum absolute atomic E-state index is 12.5. The molecule has 2 rings (SSSR count). The van der Waals surface area contributed by atoms with E-state index < -0.39 is 11.7 Å². The number of alkyl halides is 3. The van der Waals surface area contributed by atoms with E-state index in [9.17, 15) is 13.2 Å². The molecule has 0 spiro atoms. The average Bonchev–Trinajstić information content (AvgIpc) is 2.70. The Kier molecular flexibility index (Phi) is 3.58. The van der Waals surface area contributed by atoms with E-state index in [1.165, 1.54) is 12.1 Å². The molecule has 0 saturated carbocycles. The number of rotatable bonds is 2. The molecule has 0 unspecified atom stereocenters. The van der Waals surface area contributed by atoms with E-state index in [0.29, 0.717) is 16.5 Å². The van der Waals surface area contributed by atoms with Crippen molar-refractivity contribution in [2.45, 2.75) is 26.1 Å². The normalized spacial score (nSPS) is 12.2. The van der Waals surface area contributed by atoms with Crippen LogP contribution in [0.4, 0.5) is 13.2 Å². The number of hydrogen-bond donors (Lipinski definition) is 0. The lowest BCUT2D eigenvalue weighted by Gasteiger charge is -2.14. The lowest BCUT2D eigenvalue weighted by molar-refractivity contribution is -0.137. The van der Waals surface area contributed by atoms with Crippen molar-refractivity contribution in [3.05, 3.63) is 41.3 Å². The molecule has 1 aromatic heterocycles. The second-order valence-corrected chi connectivity index (χ2v) is 4.79. The summed E-state index contributed by atoms with van der Waals surface area (Å²) in [7, 11) is 0. The predicted molar refractivity (Wildman–Crippen MR) is 68.1 cm³/mol. The Bertz CT molecular complexity index is 571. The molecule has 0 amide bonds. The topological polar surface area (TPSA) is 17.8 Å². The van der Waals surface area contributed by atoms with Gasteiger partial charge in [0.1, 0.15) is 0 Å². The first-order valence-corrected chi connectivity index (χ1v) is 6.09. The van der Waals surface area contributed by atoms with Crippen LogP contribution in [0.3, 0.4) is 0 Å². The van der Waals surface area contributed by atoms with Crippen molar-refractivity contribution < 1.29 is 13.2 Å². The molecule has 1 heterocycles. The molecule has 102 valence electrons. The second-order valence-electron chi connectivity index (χ2n) is 4.45. The van der Waals surface area contributed by atoms with Gasteiger partial charge in [-0.15, -0.1) is 0 Å². The molecule has 0 aliphatic rings. The van der Waals surface area contributed by atoms with E-state index in [1.54, 1.807) is 10.8 Å². The van der Waals surface area contributed by atoms with E-state index in [2.05, 4.69) is 4.98 Å². The van der Waals surface area contributed by atoms with Gasteiger partial charge in [0.25, 0.3) is 0 Å². The molecule has 0 fully saturated rings. The Labute approximate surface area is 113 Å². The molecule has 1 aromatic carbocycles. The third-order valence-corrected chi connectivity index (χ3v) is 3.06. The molecule has 19 heavy (non-hydrogen) atoms. The van der Waals surface area contributed by atoms with Gasteiger partial charge in [0.15, 0.2) is 0 Å². The fourth-order valence-corrected chi connectivity index (χ4v) is 2.21. The van der Waals surface area contributed by atoms with Gasteiger partial charge in [-0.25, -0.2) is 4.98 Å². The minimum atomic E-state index is -4.32. The summed E-state index contributed by atoms with van der Waals surface area (Å²) in [5, 5.41) is 0.324. The molecular formula is C13H12ClF3N2. The van der Waals surface area contributed by atoms with Gasteiger partial charge in [-0.05, 0) is 43.1 Å². The summed E-state index contributed by atoms with van der Waals surface area (Å²) in [6.07, 6.45) is -2.76. The number of halogens is 4. The van der Waals surface area contributed by atoms with Crippen LogP contribution in [0.2, 0.25) is 5.28 Å². The van der Waals surface area contributed by atoms with E-state index in [-0.39, 0.29) is 6.04 Å². The molecule has 2 aromatic rings. The summed E-state index contributed by atoms with van der Waals surface area (Å²) in [4.78, 5) is 3.99. The summed E-state index contributed by atoms with van der Waals surface area (Å²) < 4.78 is 39.3. The highest BCUT2D eigenvalue weighted by Gasteiger charge is 2.30. The van der Waals surface area contributed by atoms with Gasteiger partial charge in [0.2, 0.25) is 5.28 Å². The molecule has 0 aliphatic heterocycles. The van der Waals surface area contributed by atoms with Gasteiger partial charge in [-0.3, -0.25) is 0 Å². The van der Waals surface area contributed by atoms with E-state index in [4.69, 9.17) is 11.6 Å². The van der Waals surface area contributed by atoms with Crippen molar-refractivity contribution in [3.8, 4) is 11.3 Å². The molecule has 0 N–H and O–H groups in total. The van der Waals surface area contributed by atoms with Crippen molar-refractivity contribution in [3.63, 3.8) is 0 Å². The molecule has 2 nitrogen and oxygen atoms in total. The Morgan fingerprint density at radius 1 is 1.16 bits per heavy atom. The summed E-state index contributed by atoms with van der Waals surface area (Å²) in [5.41, 5.74) is 0.688. The average molecular weight is 289 g/mol. The van der Waals surface area contributed by atoms with Crippen LogP contribution in [0.15, 0.2) is 30.5 Å². The first kappa shape index (κ1) is 13.9. The molecular weight excluding hydrogens is 277 g/mol. The maximum Gasteiger partial charge on any atom is 0.416 e. The number of imidazole rings is 1. The van der Waals surface area contributed by atoms with Crippen molar-refractivity contribution in [2.24, 2.45) is 0 Å². The lowest BCUT2D eigenvalue weighted by Crippen LogP contribution is -2.05. The molecule has 0 radical (unpaired) electrons. The molecule has 0 saturated heterocycles. The van der Waals surface area contributed by atoms with Crippen LogP contribution in [0, 0.1) is 0 Å². The molecule has 0 bridgehead atoms. The van der Waals surface area contributed by atoms with Crippen LogP contribution < -0.4 is 0 Å². The Morgan fingerprint density at radius 2 is 1.74 bits per heavy atom. The van der Waals surface area contributed by atoms with E-state index in [0.717, 1.165) is 12.1 Å². The zero-order valence-electron chi connectivity index (χ0n) is 10.4. The highest BCUT2D eigenvalue weighted by atomic mass is 35.5. The van der Waals surface area contributed by atoms with Crippen molar-refractivity contribution in [2.75, 3.05) is 0 Å². The highest BCUT2D eigenvalue weighted by molar-refractivity contribution is 6.28. The van der Waals surface area contributed by atoms with Crippen LogP contribution >= 0.6 is 11.6 Å². The smallest absolute Gasteiger partial charge is 0.312 e. The molecule has 6 heteroatoms. The van der Waals surface area contributed by atoms with Gasteiger partial charge >= 0.3 is 6.18 Å². The predicted octanol–water partition coefficient (Wildman–Crippen LogP) is 4.80.